The Bertz CT molecular complexity index is 255. The van der Waals surface area contributed by atoms with Crippen molar-refractivity contribution in [1.82, 2.24) is 0 Å². The van der Waals surface area contributed by atoms with E-state index < -0.39 is 5.97 Å². The molecule has 1 rings (SSSR count). The normalized spacial score (nSPS) is 19.1. The molecule has 0 aliphatic heterocycles. The van der Waals surface area contributed by atoms with Crippen molar-refractivity contribution in [1.29, 1.82) is 0 Å². The van der Waals surface area contributed by atoms with Crippen LogP contribution in [0.25, 0.3) is 0 Å². The maximum Gasteiger partial charge on any atom is 0.308 e. The summed E-state index contributed by atoms with van der Waals surface area (Å²) in [7, 11) is 0. The number of unbranched alkanes of at least 4 members (excludes halogenated alkanes) is 3. The maximum absolute atomic E-state index is 11.4. The van der Waals surface area contributed by atoms with Gasteiger partial charge in [-0.25, -0.2) is 0 Å². The summed E-state index contributed by atoms with van der Waals surface area (Å²) in [5.41, 5.74) is 6.18. The molecule has 0 aromatic heterocycles. The quantitative estimate of drug-likeness (QED) is 0.621. The molecule has 20 heavy (non-hydrogen) atoms. The summed E-state index contributed by atoms with van der Waals surface area (Å²) in [6.07, 6.45) is 12.6. The van der Waals surface area contributed by atoms with Gasteiger partial charge in [0.2, 0.25) is 0 Å². The zero-order valence-corrected chi connectivity index (χ0v) is 13.7. The largest absolute Gasteiger partial charge is 0.481 e. The van der Waals surface area contributed by atoms with E-state index in [2.05, 4.69) is 6.92 Å². The van der Waals surface area contributed by atoms with Crippen LogP contribution in [0.3, 0.4) is 0 Å². The second-order valence-corrected chi connectivity index (χ2v) is 6.20. The van der Waals surface area contributed by atoms with E-state index >= 15 is 0 Å². The first-order chi connectivity index (χ1) is 9.15. The van der Waals surface area contributed by atoms with Gasteiger partial charge >= 0.3 is 5.97 Å². The third kappa shape index (κ3) is 7.49. The Kier molecular flexibility index (Phi) is 11.2. The van der Waals surface area contributed by atoms with Gasteiger partial charge in [0.05, 0.1) is 5.92 Å². The smallest absolute Gasteiger partial charge is 0.308 e. The minimum atomic E-state index is -0.695. The first-order valence-electron chi connectivity index (χ1n) is 8.13. The minimum Gasteiger partial charge on any atom is -0.481 e. The van der Waals surface area contributed by atoms with Crippen LogP contribution >= 0.6 is 12.4 Å². The van der Waals surface area contributed by atoms with Crippen LogP contribution in [-0.2, 0) is 4.79 Å². The van der Waals surface area contributed by atoms with Gasteiger partial charge in [-0.3, -0.25) is 4.79 Å². The molecule has 2 atom stereocenters. The maximum atomic E-state index is 11.4. The van der Waals surface area contributed by atoms with E-state index in [-0.39, 0.29) is 24.4 Å². The number of carboxylic acid groups (broad SMARTS) is 1. The molecule has 0 saturated heterocycles. The average Bonchev–Trinajstić information content (AvgIpc) is 2.39. The lowest BCUT2D eigenvalue weighted by atomic mass is 9.81. The second kappa shape index (κ2) is 11.4. The van der Waals surface area contributed by atoms with Crippen molar-refractivity contribution in [2.45, 2.75) is 83.6 Å². The third-order valence-corrected chi connectivity index (χ3v) is 4.53. The molecule has 0 radical (unpaired) electrons. The fourth-order valence-corrected chi connectivity index (χ4v) is 3.28. The van der Waals surface area contributed by atoms with E-state index in [1.807, 2.05) is 0 Å². The minimum absolute atomic E-state index is 0. The predicted molar refractivity (Wildman–Crippen MR) is 86.3 cm³/mol. The van der Waals surface area contributed by atoms with Gasteiger partial charge in [0, 0.05) is 6.04 Å². The fraction of sp³-hybridized carbons (Fsp3) is 0.938. The molecule has 1 aliphatic carbocycles. The number of hydrogen-bond acceptors (Lipinski definition) is 2. The van der Waals surface area contributed by atoms with E-state index in [1.54, 1.807) is 0 Å². The van der Waals surface area contributed by atoms with Crippen molar-refractivity contribution < 1.29 is 9.90 Å². The fourth-order valence-electron chi connectivity index (χ4n) is 3.28. The Labute approximate surface area is 130 Å². The topological polar surface area (TPSA) is 63.3 Å². The van der Waals surface area contributed by atoms with Crippen LogP contribution in [-0.4, -0.2) is 17.1 Å². The van der Waals surface area contributed by atoms with Crippen molar-refractivity contribution in [3.05, 3.63) is 0 Å². The number of aliphatic carboxylic acids is 1. The lowest BCUT2D eigenvalue weighted by Gasteiger charge is -2.27. The zero-order valence-electron chi connectivity index (χ0n) is 12.9. The molecule has 0 aromatic rings. The van der Waals surface area contributed by atoms with E-state index in [9.17, 15) is 9.90 Å². The number of halogens is 1. The number of carbonyl (C=O) groups is 1. The summed E-state index contributed by atoms with van der Waals surface area (Å²) in [4.78, 5) is 11.4. The highest BCUT2D eigenvalue weighted by atomic mass is 35.5. The Morgan fingerprint density at radius 1 is 1.20 bits per heavy atom. The molecule has 1 saturated carbocycles. The van der Waals surface area contributed by atoms with Crippen LogP contribution in [0.4, 0.5) is 0 Å². The molecule has 3 N–H and O–H groups in total. The molecule has 0 spiro atoms. The molecule has 0 aromatic carbocycles. The molecule has 0 bridgehead atoms. The van der Waals surface area contributed by atoms with Gasteiger partial charge < -0.3 is 10.8 Å². The molecular formula is C16H32ClNO2. The summed E-state index contributed by atoms with van der Waals surface area (Å²) < 4.78 is 0. The van der Waals surface area contributed by atoms with E-state index in [4.69, 9.17) is 5.73 Å². The summed E-state index contributed by atoms with van der Waals surface area (Å²) in [6, 6.07) is -0.151. The summed E-state index contributed by atoms with van der Waals surface area (Å²) in [5, 5.41) is 9.35. The van der Waals surface area contributed by atoms with Gasteiger partial charge in [-0.15, -0.1) is 12.4 Å². The van der Waals surface area contributed by atoms with Crippen molar-refractivity contribution in [3.8, 4) is 0 Å². The van der Waals surface area contributed by atoms with Crippen molar-refractivity contribution in [3.63, 3.8) is 0 Å². The third-order valence-electron chi connectivity index (χ3n) is 4.53. The molecule has 1 unspecified atom stereocenters. The van der Waals surface area contributed by atoms with Gasteiger partial charge in [0.1, 0.15) is 0 Å². The molecule has 1 fully saturated rings. The van der Waals surface area contributed by atoms with Crippen LogP contribution in [0, 0.1) is 11.8 Å². The Balaban J connectivity index is 0.00000361. The highest BCUT2D eigenvalue weighted by Crippen LogP contribution is 2.29. The van der Waals surface area contributed by atoms with Crippen LogP contribution < -0.4 is 5.73 Å². The number of carboxylic acids is 1. The van der Waals surface area contributed by atoms with Crippen molar-refractivity contribution >= 4 is 18.4 Å². The van der Waals surface area contributed by atoms with E-state index in [0.717, 1.165) is 25.7 Å². The highest BCUT2D eigenvalue weighted by Gasteiger charge is 2.27. The average molecular weight is 306 g/mol. The van der Waals surface area contributed by atoms with Crippen LogP contribution in [0.1, 0.15) is 77.6 Å². The first kappa shape index (κ1) is 19.7. The number of nitrogens with two attached hydrogens (primary N) is 1. The standard InChI is InChI=1S/C16H31NO2.ClH/c1-2-3-4-8-11-14(16(18)19)15(17)12-13-9-6-5-7-10-13;/h13-15H,2-12,17H2,1H3,(H,18,19);1H/t14?,15-;/m0./s1. The molecule has 0 amide bonds. The predicted octanol–water partition coefficient (Wildman–Crippen LogP) is 4.38. The Morgan fingerprint density at radius 2 is 1.85 bits per heavy atom. The second-order valence-electron chi connectivity index (χ2n) is 6.20. The lowest BCUT2D eigenvalue weighted by molar-refractivity contribution is -0.142. The van der Waals surface area contributed by atoms with Crippen molar-refractivity contribution in [2.24, 2.45) is 17.6 Å². The molecule has 1 aliphatic rings. The molecule has 120 valence electrons. The van der Waals surface area contributed by atoms with Crippen LogP contribution in [0.5, 0.6) is 0 Å². The highest BCUT2D eigenvalue weighted by molar-refractivity contribution is 5.85. The van der Waals surface area contributed by atoms with Gasteiger partial charge in [-0.2, -0.15) is 0 Å². The summed E-state index contributed by atoms with van der Waals surface area (Å²) in [6.45, 7) is 2.17. The van der Waals surface area contributed by atoms with E-state index in [1.165, 1.54) is 44.9 Å². The van der Waals surface area contributed by atoms with Gasteiger partial charge in [-0.1, -0.05) is 64.7 Å². The van der Waals surface area contributed by atoms with Gasteiger partial charge in [-0.05, 0) is 18.8 Å². The number of hydrogen-bond donors (Lipinski definition) is 2. The van der Waals surface area contributed by atoms with Gasteiger partial charge in [0.25, 0.3) is 0 Å². The molecule has 3 nitrogen and oxygen atoms in total. The van der Waals surface area contributed by atoms with Crippen LogP contribution in [0.15, 0.2) is 0 Å². The van der Waals surface area contributed by atoms with Gasteiger partial charge in [0.15, 0.2) is 0 Å². The molecule has 0 heterocycles. The monoisotopic (exact) mass is 305 g/mol. The lowest BCUT2D eigenvalue weighted by Crippen LogP contribution is -2.37. The van der Waals surface area contributed by atoms with Crippen LogP contribution in [0.2, 0.25) is 0 Å². The first-order valence-corrected chi connectivity index (χ1v) is 8.13. The molecule has 4 heteroatoms. The molecular weight excluding hydrogens is 274 g/mol. The van der Waals surface area contributed by atoms with Crippen molar-refractivity contribution in [2.75, 3.05) is 0 Å². The number of rotatable bonds is 9. The summed E-state index contributed by atoms with van der Waals surface area (Å²) in [5.74, 6) is -0.361. The Hall–Kier alpha value is -0.280. The summed E-state index contributed by atoms with van der Waals surface area (Å²) >= 11 is 0. The van der Waals surface area contributed by atoms with E-state index in [0.29, 0.717) is 5.92 Å². The Morgan fingerprint density at radius 3 is 2.40 bits per heavy atom. The zero-order chi connectivity index (χ0) is 14.1. The SMILES string of the molecule is CCCCCCC(C(=O)O)[C@@H](N)CC1CCCCC1.Cl.